The van der Waals surface area contributed by atoms with Crippen LogP contribution in [0.15, 0.2) is 12.1 Å². The predicted molar refractivity (Wildman–Crippen MR) is 110 cm³/mol. The van der Waals surface area contributed by atoms with Crippen molar-refractivity contribution < 1.29 is 14.3 Å². The Bertz CT molecular complexity index is 634. The second-order valence-corrected chi connectivity index (χ2v) is 7.65. The fraction of sp³-hybridized carbons (Fsp3) is 0.556. The first kappa shape index (κ1) is 20.6. The van der Waals surface area contributed by atoms with Gasteiger partial charge in [0.1, 0.15) is 0 Å². The maximum absolute atomic E-state index is 12.0. The molecule has 1 aromatic rings. The summed E-state index contributed by atoms with van der Waals surface area (Å²) in [4.78, 5) is 12.0. The molecule has 26 heavy (non-hydrogen) atoms. The minimum absolute atomic E-state index is 0.108. The van der Waals surface area contributed by atoms with Gasteiger partial charge in [-0.3, -0.25) is 15.6 Å². The summed E-state index contributed by atoms with van der Waals surface area (Å²) in [7, 11) is 3.24. The number of thioether (sulfide) groups is 1. The van der Waals surface area contributed by atoms with Gasteiger partial charge in [-0.25, -0.2) is 0 Å². The molecule has 0 bridgehead atoms. The summed E-state index contributed by atoms with van der Waals surface area (Å²) >= 11 is 6.73. The lowest BCUT2D eigenvalue weighted by Crippen LogP contribution is -2.49. The van der Waals surface area contributed by atoms with Crippen LogP contribution in [0.5, 0.6) is 11.5 Å². The van der Waals surface area contributed by atoms with E-state index in [1.54, 1.807) is 14.2 Å². The van der Waals surface area contributed by atoms with E-state index in [0.717, 1.165) is 24.0 Å². The molecule has 0 saturated heterocycles. The third kappa shape index (κ3) is 6.25. The van der Waals surface area contributed by atoms with E-state index in [1.165, 1.54) is 24.6 Å². The molecule has 1 saturated carbocycles. The lowest BCUT2D eigenvalue weighted by atomic mass is 10.1. The summed E-state index contributed by atoms with van der Waals surface area (Å²) in [6.45, 7) is 2.02. The van der Waals surface area contributed by atoms with Gasteiger partial charge in [-0.05, 0) is 55.2 Å². The lowest BCUT2D eigenvalue weighted by Gasteiger charge is -2.16. The van der Waals surface area contributed by atoms with Crippen LogP contribution in [-0.4, -0.2) is 37.0 Å². The molecule has 0 aliphatic heterocycles. The number of methoxy groups -OCH3 is 2. The largest absolute Gasteiger partial charge is 0.493 e. The van der Waals surface area contributed by atoms with Crippen LogP contribution in [0.4, 0.5) is 0 Å². The second kappa shape index (κ2) is 10.5. The molecule has 1 fully saturated rings. The SMILES string of the molecule is COc1cc(C)c(CSCC(=O)NNC(=S)NC2CCCC2)cc1OC. The fourth-order valence-corrected chi connectivity index (χ4v) is 3.99. The standard InChI is InChI=1S/C18H27N3O3S2/c1-12-8-15(23-2)16(24-3)9-13(12)10-26-11-17(22)20-21-18(25)19-14-6-4-5-7-14/h8-9,14H,4-7,10-11H2,1-3H3,(H,20,22)(H2,19,21,25). The minimum Gasteiger partial charge on any atom is -0.493 e. The van der Waals surface area contributed by atoms with E-state index in [2.05, 4.69) is 16.2 Å². The number of ether oxygens (including phenoxy) is 2. The van der Waals surface area contributed by atoms with E-state index in [-0.39, 0.29) is 5.91 Å². The Morgan fingerprint density at radius 2 is 1.85 bits per heavy atom. The maximum atomic E-state index is 12.0. The highest BCUT2D eigenvalue weighted by Crippen LogP contribution is 2.31. The van der Waals surface area contributed by atoms with Crippen molar-refractivity contribution in [1.29, 1.82) is 0 Å². The van der Waals surface area contributed by atoms with Crippen LogP contribution in [0, 0.1) is 6.92 Å². The number of hydrogen-bond acceptors (Lipinski definition) is 5. The second-order valence-electron chi connectivity index (χ2n) is 6.25. The number of hydrazine groups is 1. The monoisotopic (exact) mass is 397 g/mol. The Morgan fingerprint density at radius 3 is 2.50 bits per heavy atom. The average Bonchev–Trinajstić information content (AvgIpc) is 3.13. The maximum Gasteiger partial charge on any atom is 0.248 e. The molecule has 1 aromatic carbocycles. The van der Waals surface area contributed by atoms with Crippen molar-refractivity contribution >= 4 is 35.0 Å². The molecule has 0 radical (unpaired) electrons. The van der Waals surface area contributed by atoms with Crippen LogP contribution in [0.2, 0.25) is 0 Å². The van der Waals surface area contributed by atoms with Crippen LogP contribution < -0.4 is 25.6 Å². The van der Waals surface area contributed by atoms with Crippen molar-refractivity contribution in [2.75, 3.05) is 20.0 Å². The van der Waals surface area contributed by atoms with Gasteiger partial charge in [0, 0.05) is 11.8 Å². The minimum atomic E-state index is -0.108. The molecule has 1 amide bonds. The van der Waals surface area contributed by atoms with Gasteiger partial charge in [-0.1, -0.05) is 12.8 Å². The van der Waals surface area contributed by atoms with Crippen molar-refractivity contribution in [3.05, 3.63) is 23.3 Å². The number of carbonyl (C=O) groups excluding carboxylic acids is 1. The van der Waals surface area contributed by atoms with Gasteiger partial charge < -0.3 is 14.8 Å². The predicted octanol–water partition coefficient (Wildman–Crippen LogP) is 2.68. The Balaban J connectivity index is 1.71. The van der Waals surface area contributed by atoms with Crippen molar-refractivity contribution in [3.8, 4) is 11.5 Å². The Hall–Kier alpha value is -1.67. The molecule has 0 heterocycles. The fourth-order valence-electron chi connectivity index (χ4n) is 2.89. The van der Waals surface area contributed by atoms with Crippen molar-refractivity contribution in [1.82, 2.24) is 16.2 Å². The van der Waals surface area contributed by atoms with E-state index >= 15 is 0 Å². The molecule has 0 spiro atoms. The van der Waals surface area contributed by atoms with Gasteiger partial charge in [0.05, 0.1) is 20.0 Å². The third-order valence-corrected chi connectivity index (χ3v) is 5.54. The zero-order valence-electron chi connectivity index (χ0n) is 15.5. The third-order valence-electron chi connectivity index (χ3n) is 4.34. The molecular weight excluding hydrogens is 370 g/mol. The van der Waals surface area contributed by atoms with Gasteiger partial charge in [0.15, 0.2) is 16.6 Å². The first-order valence-corrected chi connectivity index (χ1v) is 10.2. The van der Waals surface area contributed by atoms with Gasteiger partial charge in [-0.15, -0.1) is 11.8 Å². The number of nitrogens with one attached hydrogen (secondary N) is 3. The molecule has 144 valence electrons. The first-order valence-electron chi connectivity index (χ1n) is 8.68. The van der Waals surface area contributed by atoms with Crippen molar-refractivity contribution in [3.63, 3.8) is 0 Å². The molecule has 6 nitrogen and oxygen atoms in total. The van der Waals surface area contributed by atoms with E-state index in [4.69, 9.17) is 21.7 Å². The summed E-state index contributed by atoms with van der Waals surface area (Å²) in [6, 6.07) is 4.33. The van der Waals surface area contributed by atoms with E-state index < -0.39 is 0 Å². The van der Waals surface area contributed by atoms with E-state index in [1.807, 2.05) is 19.1 Å². The topological polar surface area (TPSA) is 71.6 Å². The molecule has 3 N–H and O–H groups in total. The molecule has 1 aliphatic rings. The van der Waals surface area contributed by atoms with E-state index in [9.17, 15) is 4.79 Å². The number of carbonyl (C=O) groups is 1. The summed E-state index contributed by atoms with van der Waals surface area (Å²) in [5, 5.41) is 3.70. The average molecular weight is 398 g/mol. The highest BCUT2D eigenvalue weighted by atomic mass is 32.2. The summed E-state index contributed by atoms with van der Waals surface area (Å²) < 4.78 is 10.6. The molecule has 1 aliphatic carbocycles. The normalized spacial score (nSPS) is 14.0. The Labute approximate surface area is 164 Å². The lowest BCUT2D eigenvalue weighted by molar-refractivity contribution is -0.119. The van der Waals surface area contributed by atoms with Crippen molar-refractivity contribution in [2.45, 2.75) is 44.4 Å². The highest BCUT2D eigenvalue weighted by Gasteiger charge is 2.15. The molecule has 0 unspecified atom stereocenters. The Kier molecular flexibility index (Phi) is 8.31. The number of amides is 1. The van der Waals surface area contributed by atoms with Crippen LogP contribution in [-0.2, 0) is 10.5 Å². The Morgan fingerprint density at radius 1 is 1.19 bits per heavy atom. The number of rotatable bonds is 7. The van der Waals surface area contributed by atoms with Crippen LogP contribution in [0.3, 0.4) is 0 Å². The quantitative estimate of drug-likeness (QED) is 0.483. The molecule has 0 atom stereocenters. The zero-order valence-corrected chi connectivity index (χ0v) is 17.1. The number of aryl methyl sites for hydroxylation is 1. The van der Waals surface area contributed by atoms with Gasteiger partial charge in [-0.2, -0.15) is 0 Å². The summed E-state index contributed by atoms with van der Waals surface area (Å²) in [6.07, 6.45) is 4.74. The van der Waals surface area contributed by atoms with Crippen LogP contribution >= 0.6 is 24.0 Å². The molecule has 2 rings (SSSR count). The van der Waals surface area contributed by atoms with Gasteiger partial charge in [0.25, 0.3) is 0 Å². The zero-order chi connectivity index (χ0) is 18.9. The number of thiocarbonyl (C=S) groups is 1. The van der Waals surface area contributed by atoms with Crippen LogP contribution in [0.1, 0.15) is 36.8 Å². The molecule has 0 aromatic heterocycles. The number of hydrogen-bond donors (Lipinski definition) is 3. The highest BCUT2D eigenvalue weighted by molar-refractivity contribution is 7.99. The van der Waals surface area contributed by atoms with Gasteiger partial charge in [0.2, 0.25) is 5.91 Å². The first-order chi connectivity index (χ1) is 12.5. The summed E-state index contributed by atoms with van der Waals surface area (Å²) in [5.41, 5.74) is 7.64. The summed E-state index contributed by atoms with van der Waals surface area (Å²) in [5.74, 6) is 2.35. The smallest absolute Gasteiger partial charge is 0.248 e. The van der Waals surface area contributed by atoms with Crippen LogP contribution in [0.25, 0.3) is 0 Å². The molecule has 8 heteroatoms. The number of benzene rings is 1. The van der Waals surface area contributed by atoms with E-state index in [0.29, 0.717) is 34.2 Å². The van der Waals surface area contributed by atoms with Crippen molar-refractivity contribution in [2.24, 2.45) is 0 Å². The molecular formula is C18H27N3O3S2. The van der Waals surface area contributed by atoms with Gasteiger partial charge >= 0.3 is 0 Å².